The van der Waals surface area contributed by atoms with Crippen LogP contribution in [0.1, 0.15) is 19.4 Å². The van der Waals surface area contributed by atoms with Crippen LogP contribution < -0.4 is 11.1 Å². The Morgan fingerprint density at radius 1 is 1.42 bits per heavy atom. The molecule has 0 aliphatic carbocycles. The maximum absolute atomic E-state index is 13.4. The van der Waals surface area contributed by atoms with E-state index < -0.39 is 23.6 Å². The molecule has 0 saturated heterocycles. The van der Waals surface area contributed by atoms with Crippen LogP contribution in [0, 0.1) is 17.6 Å². The molecule has 1 aromatic rings. The van der Waals surface area contributed by atoms with Gasteiger partial charge in [0.2, 0.25) is 5.91 Å². The first-order valence-electron chi connectivity index (χ1n) is 5.84. The van der Waals surface area contributed by atoms with Crippen LogP contribution in [0.5, 0.6) is 0 Å². The van der Waals surface area contributed by atoms with E-state index in [1.54, 1.807) is 0 Å². The fraction of sp³-hybridized carbons (Fsp3) is 0.385. The minimum absolute atomic E-state index is 0.00273. The molecule has 0 fully saturated rings. The third kappa shape index (κ3) is 4.24. The van der Waals surface area contributed by atoms with Gasteiger partial charge in [-0.3, -0.25) is 4.79 Å². The Morgan fingerprint density at radius 2 is 2.05 bits per heavy atom. The van der Waals surface area contributed by atoms with Gasteiger partial charge in [0.15, 0.2) is 11.6 Å². The van der Waals surface area contributed by atoms with Crippen molar-refractivity contribution < 1.29 is 13.6 Å². The summed E-state index contributed by atoms with van der Waals surface area (Å²) in [5, 5.41) is 2.62. The van der Waals surface area contributed by atoms with Crippen LogP contribution in [0.3, 0.4) is 0 Å². The number of halogens is 2. The quantitative estimate of drug-likeness (QED) is 0.813. The van der Waals surface area contributed by atoms with Gasteiger partial charge in [-0.05, 0) is 12.0 Å². The van der Waals surface area contributed by atoms with Crippen molar-refractivity contribution in [3.05, 3.63) is 35.4 Å². The molecule has 1 aromatic carbocycles. The molecule has 0 heterocycles. The van der Waals surface area contributed by atoms with Gasteiger partial charge in [0.1, 0.15) is 0 Å². The highest BCUT2D eigenvalue weighted by Crippen LogP contribution is 2.12. The third-order valence-electron chi connectivity index (χ3n) is 2.67. The highest BCUT2D eigenvalue weighted by molar-refractivity contribution is 7.80. The summed E-state index contributed by atoms with van der Waals surface area (Å²) >= 11 is 4.85. The van der Waals surface area contributed by atoms with Crippen molar-refractivity contribution in [3.63, 3.8) is 0 Å². The van der Waals surface area contributed by atoms with Gasteiger partial charge in [0.25, 0.3) is 0 Å². The van der Waals surface area contributed by atoms with Gasteiger partial charge in [-0.25, -0.2) is 8.78 Å². The molecular weight excluding hydrogens is 270 g/mol. The van der Waals surface area contributed by atoms with E-state index in [2.05, 4.69) is 5.32 Å². The summed E-state index contributed by atoms with van der Waals surface area (Å²) in [6.45, 7) is 3.71. The lowest BCUT2D eigenvalue weighted by atomic mass is 10.0. The zero-order valence-electron chi connectivity index (χ0n) is 10.7. The molecule has 3 nitrogen and oxygen atoms in total. The van der Waals surface area contributed by atoms with E-state index in [0.29, 0.717) is 0 Å². The molecule has 6 heteroatoms. The van der Waals surface area contributed by atoms with E-state index in [-0.39, 0.29) is 22.9 Å². The van der Waals surface area contributed by atoms with Crippen LogP contribution in [0.25, 0.3) is 0 Å². The zero-order chi connectivity index (χ0) is 14.6. The number of nitrogens with one attached hydrogen (secondary N) is 1. The average Bonchev–Trinajstić information content (AvgIpc) is 2.31. The van der Waals surface area contributed by atoms with E-state index in [9.17, 15) is 13.6 Å². The van der Waals surface area contributed by atoms with Gasteiger partial charge in [0.05, 0.1) is 17.5 Å². The summed E-state index contributed by atoms with van der Waals surface area (Å²) in [5.41, 5.74) is 5.52. The molecule has 1 amide bonds. The molecule has 1 unspecified atom stereocenters. The van der Waals surface area contributed by atoms with Gasteiger partial charge >= 0.3 is 0 Å². The first-order valence-corrected chi connectivity index (χ1v) is 6.25. The Morgan fingerprint density at radius 3 is 2.58 bits per heavy atom. The Labute approximate surface area is 116 Å². The third-order valence-corrected chi connectivity index (χ3v) is 2.93. The van der Waals surface area contributed by atoms with Crippen LogP contribution in [0.4, 0.5) is 8.78 Å². The largest absolute Gasteiger partial charge is 0.392 e. The van der Waals surface area contributed by atoms with E-state index in [1.807, 2.05) is 13.8 Å². The van der Waals surface area contributed by atoms with Crippen molar-refractivity contribution in [2.24, 2.45) is 11.7 Å². The maximum atomic E-state index is 13.4. The second kappa shape index (κ2) is 6.56. The number of carbonyl (C=O) groups is 1. The highest BCUT2D eigenvalue weighted by atomic mass is 32.1. The lowest BCUT2D eigenvalue weighted by Crippen LogP contribution is -2.47. The number of hydrogen-bond acceptors (Lipinski definition) is 2. The van der Waals surface area contributed by atoms with Crippen molar-refractivity contribution in [1.29, 1.82) is 0 Å². The number of nitrogens with two attached hydrogens (primary N) is 1. The van der Waals surface area contributed by atoms with E-state index in [1.165, 1.54) is 12.1 Å². The zero-order valence-corrected chi connectivity index (χ0v) is 11.6. The molecule has 0 radical (unpaired) electrons. The van der Waals surface area contributed by atoms with Crippen LogP contribution in [0.15, 0.2) is 18.2 Å². The number of rotatable bonds is 5. The fourth-order valence-corrected chi connectivity index (χ4v) is 1.98. The number of hydrogen-bond donors (Lipinski definition) is 2. The maximum Gasteiger partial charge on any atom is 0.225 e. The van der Waals surface area contributed by atoms with Crippen molar-refractivity contribution in [3.8, 4) is 0 Å². The Kier molecular flexibility index (Phi) is 5.35. The number of amides is 1. The molecular formula is C13H16F2N2OS. The molecule has 104 valence electrons. The number of carbonyl (C=O) groups excluding carboxylic acids is 1. The topological polar surface area (TPSA) is 55.1 Å². The average molecular weight is 286 g/mol. The molecule has 3 N–H and O–H groups in total. The predicted octanol–water partition coefficient (Wildman–Crippen LogP) is 1.93. The van der Waals surface area contributed by atoms with Gasteiger partial charge in [0, 0.05) is 5.56 Å². The Balaban J connectivity index is 2.75. The summed E-state index contributed by atoms with van der Waals surface area (Å²) in [6.07, 6.45) is -0.255. The number of thiocarbonyl (C=S) groups is 1. The van der Waals surface area contributed by atoms with Crippen LogP contribution in [0.2, 0.25) is 0 Å². The van der Waals surface area contributed by atoms with E-state index >= 15 is 0 Å². The fourth-order valence-electron chi connectivity index (χ4n) is 1.65. The Bertz CT molecular complexity index is 492. The Hall–Kier alpha value is -1.56. The summed E-state index contributed by atoms with van der Waals surface area (Å²) < 4.78 is 26.4. The van der Waals surface area contributed by atoms with E-state index in [0.717, 1.165) is 6.07 Å². The molecule has 1 atom stereocenters. The van der Waals surface area contributed by atoms with Gasteiger partial charge in [-0.2, -0.15) is 0 Å². The summed E-state index contributed by atoms with van der Waals surface area (Å²) in [6, 6.07) is 3.26. The second-order valence-electron chi connectivity index (χ2n) is 4.58. The van der Waals surface area contributed by atoms with Crippen molar-refractivity contribution in [1.82, 2.24) is 5.32 Å². The molecule has 0 aromatic heterocycles. The van der Waals surface area contributed by atoms with E-state index in [4.69, 9.17) is 18.0 Å². The molecule has 1 rings (SSSR count). The molecule has 0 aliphatic heterocycles. The normalized spacial score (nSPS) is 12.3. The second-order valence-corrected chi connectivity index (χ2v) is 5.05. The predicted molar refractivity (Wildman–Crippen MR) is 73.6 cm³/mol. The SMILES string of the molecule is CC(C)C(NC(=O)Cc1cccc(F)c1F)C(N)=S. The molecule has 0 aliphatic rings. The number of benzene rings is 1. The van der Waals surface area contributed by atoms with Crippen LogP contribution in [-0.2, 0) is 11.2 Å². The molecule has 0 bridgehead atoms. The lowest BCUT2D eigenvalue weighted by Gasteiger charge is -2.21. The van der Waals surface area contributed by atoms with Gasteiger partial charge < -0.3 is 11.1 Å². The minimum atomic E-state index is -1.01. The van der Waals surface area contributed by atoms with Crippen molar-refractivity contribution in [2.75, 3.05) is 0 Å². The smallest absolute Gasteiger partial charge is 0.225 e. The summed E-state index contributed by atoms with van der Waals surface area (Å²) in [4.78, 5) is 11.9. The van der Waals surface area contributed by atoms with Gasteiger partial charge in [-0.1, -0.05) is 38.2 Å². The summed E-state index contributed by atoms with van der Waals surface area (Å²) in [5.74, 6) is -2.40. The summed E-state index contributed by atoms with van der Waals surface area (Å²) in [7, 11) is 0. The molecule has 0 saturated carbocycles. The van der Waals surface area contributed by atoms with Crippen LogP contribution >= 0.6 is 12.2 Å². The van der Waals surface area contributed by atoms with Crippen molar-refractivity contribution in [2.45, 2.75) is 26.3 Å². The standard InChI is InChI=1S/C13H16F2N2OS/c1-7(2)12(13(16)19)17-10(18)6-8-4-3-5-9(14)11(8)15/h3-5,7,12H,6H2,1-2H3,(H2,16,19)(H,17,18). The monoisotopic (exact) mass is 286 g/mol. The first kappa shape index (κ1) is 15.5. The van der Waals surface area contributed by atoms with Gasteiger partial charge in [-0.15, -0.1) is 0 Å². The molecule has 19 heavy (non-hydrogen) atoms. The molecule has 0 spiro atoms. The minimum Gasteiger partial charge on any atom is -0.392 e. The van der Waals surface area contributed by atoms with Crippen molar-refractivity contribution >= 4 is 23.1 Å². The first-order chi connectivity index (χ1) is 8.82. The lowest BCUT2D eigenvalue weighted by molar-refractivity contribution is -0.121. The van der Waals surface area contributed by atoms with Crippen LogP contribution in [-0.4, -0.2) is 16.9 Å². The highest BCUT2D eigenvalue weighted by Gasteiger charge is 2.20.